The molecule has 1 aliphatic carbocycles. The lowest BCUT2D eigenvalue weighted by atomic mass is 9.95. The van der Waals surface area contributed by atoms with Crippen molar-refractivity contribution in [1.82, 2.24) is 19.5 Å². The standard InChI is InChI=1S/C46H30N4/c1-4-15-30(16-5-1)32-19-14-20-33(27-32)45-47-44(31-17-6-2-7-18-31)48-46(49-45)43-37-25-11-10-23-35(37)38-28-39-36-24-12-13-26-41(36)50(42(39)29-40(38)43)34-21-8-3-9-22-34/h1-29,43H. The highest BCUT2D eigenvalue weighted by molar-refractivity contribution is 6.11. The van der Waals surface area contributed by atoms with E-state index in [1.165, 1.54) is 44.1 Å². The zero-order chi connectivity index (χ0) is 33.0. The highest BCUT2D eigenvalue weighted by atomic mass is 15.0. The van der Waals surface area contributed by atoms with E-state index >= 15 is 0 Å². The molecule has 2 heterocycles. The van der Waals surface area contributed by atoms with Gasteiger partial charge in [0.15, 0.2) is 11.6 Å². The molecule has 1 unspecified atom stereocenters. The lowest BCUT2D eigenvalue weighted by molar-refractivity contribution is 0.856. The molecule has 50 heavy (non-hydrogen) atoms. The molecule has 0 bridgehead atoms. The van der Waals surface area contributed by atoms with Crippen LogP contribution in [0.3, 0.4) is 0 Å². The van der Waals surface area contributed by atoms with Crippen molar-refractivity contribution in [2.24, 2.45) is 0 Å². The number of nitrogens with zero attached hydrogens (tertiary/aromatic N) is 4. The molecular weight excluding hydrogens is 609 g/mol. The van der Waals surface area contributed by atoms with Crippen LogP contribution in [-0.2, 0) is 0 Å². The summed E-state index contributed by atoms with van der Waals surface area (Å²) >= 11 is 0. The van der Waals surface area contributed by atoms with Crippen molar-refractivity contribution in [3.63, 3.8) is 0 Å². The van der Waals surface area contributed by atoms with E-state index in [-0.39, 0.29) is 5.92 Å². The molecule has 0 amide bonds. The summed E-state index contributed by atoms with van der Waals surface area (Å²) in [5.74, 6) is 1.90. The van der Waals surface area contributed by atoms with Gasteiger partial charge in [-0.25, -0.2) is 15.0 Å². The summed E-state index contributed by atoms with van der Waals surface area (Å²) in [6, 6.07) is 62.0. The summed E-state index contributed by atoms with van der Waals surface area (Å²) in [5, 5.41) is 2.47. The highest BCUT2D eigenvalue weighted by Crippen LogP contribution is 2.50. The minimum Gasteiger partial charge on any atom is -0.309 e. The van der Waals surface area contributed by atoms with Crippen molar-refractivity contribution < 1.29 is 0 Å². The molecule has 0 aliphatic heterocycles. The summed E-state index contributed by atoms with van der Waals surface area (Å²) in [7, 11) is 0. The fraction of sp³-hybridized carbons (Fsp3) is 0.0217. The number of aromatic nitrogens is 4. The SMILES string of the molecule is c1ccc(-c2cccc(-c3nc(-c4ccccc4)nc(C4c5ccccc5-c5cc6c7ccccc7n(-c7ccccc7)c6cc54)n3)c2)cc1. The normalized spacial score (nSPS) is 13.4. The third-order valence-corrected chi connectivity index (χ3v) is 9.90. The number of para-hydroxylation sites is 2. The van der Waals surface area contributed by atoms with Crippen LogP contribution < -0.4 is 0 Å². The van der Waals surface area contributed by atoms with Crippen LogP contribution in [0.1, 0.15) is 22.9 Å². The molecule has 7 aromatic carbocycles. The summed E-state index contributed by atoms with van der Waals surface area (Å²) in [5.41, 5.74) is 12.6. The topological polar surface area (TPSA) is 43.6 Å². The van der Waals surface area contributed by atoms with Gasteiger partial charge in [-0.1, -0.05) is 140 Å². The number of fused-ring (bicyclic) bond motifs is 6. The van der Waals surface area contributed by atoms with E-state index < -0.39 is 0 Å². The molecule has 10 rings (SSSR count). The van der Waals surface area contributed by atoms with Crippen LogP contribution in [-0.4, -0.2) is 19.5 Å². The quantitative estimate of drug-likeness (QED) is 0.188. The fourth-order valence-corrected chi connectivity index (χ4v) is 7.63. The maximum absolute atomic E-state index is 5.32. The summed E-state index contributed by atoms with van der Waals surface area (Å²) in [4.78, 5) is 15.7. The zero-order valence-corrected chi connectivity index (χ0v) is 27.1. The van der Waals surface area contributed by atoms with E-state index in [1.54, 1.807) is 0 Å². The van der Waals surface area contributed by atoms with Gasteiger partial charge >= 0.3 is 0 Å². The Morgan fingerprint density at radius 2 is 1.00 bits per heavy atom. The van der Waals surface area contributed by atoms with Gasteiger partial charge in [0.1, 0.15) is 5.82 Å². The smallest absolute Gasteiger partial charge is 0.163 e. The fourth-order valence-electron chi connectivity index (χ4n) is 7.63. The molecule has 234 valence electrons. The number of rotatable bonds is 5. The van der Waals surface area contributed by atoms with Gasteiger partial charge in [0, 0.05) is 27.6 Å². The second-order valence-electron chi connectivity index (χ2n) is 12.8. The highest BCUT2D eigenvalue weighted by Gasteiger charge is 2.34. The first kappa shape index (κ1) is 28.4. The molecule has 0 fully saturated rings. The van der Waals surface area contributed by atoms with Crippen LogP contribution in [0.5, 0.6) is 0 Å². The Hall–Kier alpha value is -6.65. The number of hydrogen-bond acceptors (Lipinski definition) is 3. The van der Waals surface area contributed by atoms with E-state index in [2.05, 4.69) is 156 Å². The molecule has 2 aromatic heterocycles. The van der Waals surface area contributed by atoms with Crippen LogP contribution in [0.15, 0.2) is 176 Å². The number of hydrogen-bond donors (Lipinski definition) is 0. The molecular formula is C46H30N4. The van der Waals surface area contributed by atoms with Crippen LogP contribution in [0.25, 0.3) is 72.5 Å². The Morgan fingerprint density at radius 1 is 0.380 bits per heavy atom. The van der Waals surface area contributed by atoms with Crippen molar-refractivity contribution in [3.05, 3.63) is 193 Å². The van der Waals surface area contributed by atoms with Gasteiger partial charge < -0.3 is 4.57 Å². The first-order chi connectivity index (χ1) is 24.8. The maximum atomic E-state index is 5.32. The Bertz CT molecular complexity index is 2700. The average molecular weight is 639 g/mol. The van der Waals surface area contributed by atoms with Gasteiger partial charge in [0.25, 0.3) is 0 Å². The first-order valence-electron chi connectivity index (χ1n) is 17.0. The van der Waals surface area contributed by atoms with Crippen molar-refractivity contribution in [2.45, 2.75) is 5.92 Å². The molecule has 4 nitrogen and oxygen atoms in total. The average Bonchev–Trinajstić information content (AvgIpc) is 3.70. The lowest BCUT2D eigenvalue weighted by Gasteiger charge is -2.16. The van der Waals surface area contributed by atoms with E-state index in [9.17, 15) is 0 Å². The van der Waals surface area contributed by atoms with E-state index in [0.717, 1.165) is 33.8 Å². The second-order valence-corrected chi connectivity index (χ2v) is 12.8. The molecule has 9 aromatic rings. The maximum Gasteiger partial charge on any atom is 0.163 e. The van der Waals surface area contributed by atoms with Gasteiger partial charge in [0.05, 0.1) is 17.0 Å². The Balaban J connectivity index is 1.23. The predicted octanol–water partition coefficient (Wildman–Crippen LogP) is 11.1. The molecule has 0 radical (unpaired) electrons. The Morgan fingerprint density at radius 3 is 1.80 bits per heavy atom. The molecule has 0 spiro atoms. The van der Waals surface area contributed by atoms with E-state index in [0.29, 0.717) is 11.6 Å². The largest absolute Gasteiger partial charge is 0.309 e. The minimum atomic E-state index is -0.172. The van der Waals surface area contributed by atoms with E-state index in [1.807, 2.05) is 24.3 Å². The third kappa shape index (κ3) is 4.57. The molecule has 4 heteroatoms. The monoisotopic (exact) mass is 638 g/mol. The van der Waals surface area contributed by atoms with Gasteiger partial charge in [0.2, 0.25) is 0 Å². The van der Waals surface area contributed by atoms with Gasteiger partial charge in [-0.2, -0.15) is 0 Å². The van der Waals surface area contributed by atoms with Crippen molar-refractivity contribution in [1.29, 1.82) is 0 Å². The van der Waals surface area contributed by atoms with Crippen molar-refractivity contribution >= 4 is 21.8 Å². The minimum absolute atomic E-state index is 0.172. The van der Waals surface area contributed by atoms with Gasteiger partial charge in [-0.3, -0.25) is 0 Å². The lowest BCUT2D eigenvalue weighted by Crippen LogP contribution is -2.09. The van der Waals surface area contributed by atoms with Crippen molar-refractivity contribution in [3.8, 4) is 50.7 Å². The van der Waals surface area contributed by atoms with Gasteiger partial charge in [-0.05, 0) is 69.8 Å². The summed E-state index contributed by atoms with van der Waals surface area (Å²) < 4.78 is 2.38. The zero-order valence-electron chi connectivity index (χ0n) is 27.1. The molecule has 0 saturated carbocycles. The summed E-state index contributed by atoms with van der Waals surface area (Å²) in [6.07, 6.45) is 0. The first-order valence-corrected chi connectivity index (χ1v) is 17.0. The molecule has 1 atom stereocenters. The van der Waals surface area contributed by atoms with E-state index in [4.69, 9.17) is 15.0 Å². The predicted molar refractivity (Wildman–Crippen MR) is 203 cm³/mol. The molecule has 1 aliphatic rings. The second kappa shape index (κ2) is 11.5. The van der Waals surface area contributed by atoms with Crippen LogP contribution in [0.4, 0.5) is 0 Å². The van der Waals surface area contributed by atoms with Crippen LogP contribution in [0.2, 0.25) is 0 Å². The van der Waals surface area contributed by atoms with Crippen LogP contribution in [0, 0.1) is 0 Å². The van der Waals surface area contributed by atoms with Gasteiger partial charge in [-0.15, -0.1) is 0 Å². The third-order valence-electron chi connectivity index (χ3n) is 9.90. The molecule has 0 saturated heterocycles. The van der Waals surface area contributed by atoms with Crippen molar-refractivity contribution in [2.75, 3.05) is 0 Å². The van der Waals surface area contributed by atoms with Crippen LogP contribution >= 0.6 is 0 Å². The summed E-state index contributed by atoms with van der Waals surface area (Å²) in [6.45, 7) is 0. The Kier molecular flexibility index (Phi) is 6.53. The Labute approximate surface area is 290 Å². The molecule has 0 N–H and O–H groups in total. The number of benzene rings is 7.